The smallest absolute Gasteiger partial charge is 0.0807 e. The topological polar surface area (TPSA) is 35.2 Å². The molecule has 17 heavy (non-hydrogen) atoms. The molecule has 2 unspecified atom stereocenters. The van der Waals surface area contributed by atoms with E-state index in [9.17, 15) is 0 Å². The molecule has 0 aromatic rings. The van der Waals surface area contributed by atoms with E-state index in [1.165, 1.54) is 44.9 Å². The lowest BCUT2D eigenvalue weighted by molar-refractivity contribution is -0.0954. The Bertz CT molecular complexity index is 227. The van der Waals surface area contributed by atoms with Crippen LogP contribution in [0.15, 0.2) is 0 Å². The fourth-order valence-electron chi connectivity index (χ4n) is 3.67. The first-order chi connectivity index (χ1) is 8.15. The second-order valence-electron chi connectivity index (χ2n) is 6.33. The first-order valence-corrected chi connectivity index (χ1v) is 7.55. The minimum absolute atomic E-state index is 0.0397. The van der Waals surface area contributed by atoms with Crippen molar-refractivity contribution >= 4 is 0 Å². The molecule has 1 saturated heterocycles. The van der Waals surface area contributed by atoms with Crippen molar-refractivity contribution < 1.29 is 4.74 Å². The molecule has 2 heteroatoms. The third kappa shape index (κ3) is 3.03. The number of ether oxygens (including phenoxy) is 1. The molecule has 1 aliphatic carbocycles. The molecule has 2 nitrogen and oxygen atoms in total. The summed E-state index contributed by atoms with van der Waals surface area (Å²) in [5.74, 6) is 1.65. The van der Waals surface area contributed by atoms with Crippen molar-refractivity contribution in [2.24, 2.45) is 17.6 Å². The predicted molar refractivity (Wildman–Crippen MR) is 71.9 cm³/mol. The number of hydrogen-bond donors (Lipinski definition) is 1. The van der Waals surface area contributed by atoms with Gasteiger partial charge in [-0.15, -0.1) is 0 Å². The van der Waals surface area contributed by atoms with Gasteiger partial charge in [0.2, 0.25) is 0 Å². The van der Waals surface area contributed by atoms with Crippen LogP contribution < -0.4 is 5.73 Å². The van der Waals surface area contributed by atoms with E-state index in [0.29, 0.717) is 5.92 Å². The molecule has 2 fully saturated rings. The molecule has 0 radical (unpaired) electrons. The van der Waals surface area contributed by atoms with Gasteiger partial charge in [0.1, 0.15) is 0 Å². The molecular weight excluding hydrogens is 210 g/mol. The maximum absolute atomic E-state index is 6.52. The Morgan fingerprint density at radius 3 is 2.47 bits per heavy atom. The van der Waals surface area contributed by atoms with Gasteiger partial charge in [-0.3, -0.25) is 0 Å². The van der Waals surface area contributed by atoms with Crippen LogP contribution in [0, 0.1) is 11.8 Å². The quantitative estimate of drug-likeness (QED) is 0.818. The van der Waals surface area contributed by atoms with Gasteiger partial charge in [-0.25, -0.2) is 0 Å². The van der Waals surface area contributed by atoms with E-state index in [1.807, 2.05) is 0 Å². The predicted octanol–water partition coefficient (Wildman–Crippen LogP) is 3.49. The molecule has 0 aromatic carbocycles. The summed E-state index contributed by atoms with van der Waals surface area (Å²) in [5, 5.41) is 0. The van der Waals surface area contributed by atoms with Crippen LogP contribution in [0.2, 0.25) is 0 Å². The average Bonchev–Trinajstić information content (AvgIpc) is 2.39. The highest BCUT2D eigenvalue weighted by Gasteiger charge is 2.39. The highest BCUT2D eigenvalue weighted by molar-refractivity contribution is 4.94. The molecule has 1 heterocycles. The van der Waals surface area contributed by atoms with Crippen LogP contribution in [0.3, 0.4) is 0 Å². The van der Waals surface area contributed by atoms with Gasteiger partial charge in [0.15, 0.2) is 0 Å². The molecule has 2 rings (SSSR count). The highest BCUT2D eigenvalue weighted by atomic mass is 16.5. The molecule has 1 saturated carbocycles. The van der Waals surface area contributed by atoms with Crippen molar-refractivity contribution in [2.75, 3.05) is 6.61 Å². The van der Waals surface area contributed by atoms with E-state index in [4.69, 9.17) is 10.5 Å². The monoisotopic (exact) mass is 239 g/mol. The van der Waals surface area contributed by atoms with Gasteiger partial charge >= 0.3 is 0 Å². The van der Waals surface area contributed by atoms with E-state index in [1.54, 1.807) is 0 Å². The minimum atomic E-state index is -0.0397. The molecule has 2 aliphatic rings. The van der Waals surface area contributed by atoms with Gasteiger partial charge in [-0.2, -0.15) is 0 Å². The molecule has 0 aromatic heterocycles. The summed E-state index contributed by atoms with van der Waals surface area (Å²) in [5.41, 5.74) is 6.48. The number of rotatable bonds is 3. The molecule has 0 spiro atoms. The second-order valence-corrected chi connectivity index (χ2v) is 6.33. The Balaban J connectivity index is 1.89. The molecule has 2 N–H and O–H groups in total. The van der Waals surface area contributed by atoms with Crippen molar-refractivity contribution in [2.45, 2.75) is 76.9 Å². The SMILES string of the molecule is CCC1CCC(C(N)C2(C)CCCCO2)CC1. The van der Waals surface area contributed by atoms with Gasteiger partial charge in [-0.05, 0) is 50.9 Å². The van der Waals surface area contributed by atoms with Crippen molar-refractivity contribution in [3.05, 3.63) is 0 Å². The zero-order chi connectivity index (χ0) is 12.3. The van der Waals surface area contributed by atoms with Crippen molar-refractivity contribution in [1.82, 2.24) is 0 Å². The van der Waals surface area contributed by atoms with E-state index in [0.717, 1.165) is 18.9 Å². The van der Waals surface area contributed by atoms with Gasteiger partial charge in [0.05, 0.1) is 5.60 Å². The highest BCUT2D eigenvalue weighted by Crippen LogP contribution is 2.38. The molecular formula is C15H29NO. The lowest BCUT2D eigenvalue weighted by Crippen LogP contribution is -2.54. The Morgan fingerprint density at radius 1 is 1.24 bits per heavy atom. The summed E-state index contributed by atoms with van der Waals surface area (Å²) in [7, 11) is 0. The fraction of sp³-hybridized carbons (Fsp3) is 1.00. The van der Waals surface area contributed by atoms with Crippen LogP contribution in [-0.2, 0) is 4.74 Å². The summed E-state index contributed by atoms with van der Waals surface area (Å²) < 4.78 is 6.01. The molecule has 0 bridgehead atoms. The van der Waals surface area contributed by atoms with E-state index in [-0.39, 0.29) is 11.6 Å². The summed E-state index contributed by atoms with van der Waals surface area (Å²) in [6.07, 6.45) is 10.4. The standard InChI is InChI=1S/C15H29NO/c1-3-12-6-8-13(9-7-12)14(16)15(2)10-4-5-11-17-15/h12-14H,3-11,16H2,1-2H3. The van der Waals surface area contributed by atoms with Crippen molar-refractivity contribution in [3.63, 3.8) is 0 Å². The lowest BCUT2D eigenvalue weighted by Gasteiger charge is -2.44. The van der Waals surface area contributed by atoms with Crippen LogP contribution in [0.25, 0.3) is 0 Å². The minimum Gasteiger partial charge on any atom is -0.374 e. The maximum Gasteiger partial charge on any atom is 0.0807 e. The summed E-state index contributed by atoms with van der Waals surface area (Å²) in [6, 6.07) is 0.251. The van der Waals surface area contributed by atoms with Gasteiger partial charge in [0, 0.05) is 12.6 Å². The summed E-state index contributed by atoms with van der Waals surface area (Å²) in [4.78, 5) is 0. The zero-order valence-corrected chi connectivity index (χ0v) is 11.6. The second kappa shape index (κ2) is 5.71. The summed E-state index contributed by atoms with van der Waals surface area (Å²) in [6.45, 7) is 5.47. The van der Waals surface area contributed by atoms with Crippen molar-refractivity contribution in [3.8, 4) is 0 Å². The number of nitrogens with two attached hydrogens (primary N) is 1. The molecule has 2 atom stereocenters. The van der Waals surface area contributed by atoms with Crippen LogP contribution in [0.1, 0.15) is 65.2 Å². The Hall–Kier alpha value is -0.0800. The molecule has 100 valence electrons. The van der Waals surface area contributed by atoms with Gasteiger partial charge in [0.25, 0.3) is 0 Å². The normalized spacial score (nSPS) is 41.1. The third-order valence-electron chi connectivity index (χ3n) is 5.18. The van der Waals surface area contributed by atoms with Crippen molar-refractivity contribution in [1.29, 1.82) is 0 Å². The first-order valence-electron chi connectivity index (χ1n) is 7.55. The zero-order valence-electron chi connectivity index (χ0n) is 11.6. The number of hydrogen-bond acceptors (Lipinski definition) is 2. The van der Waals surface area contributed by atoms with Crippen LogP contribution in [0.5, 0.6) is 0 Å². The molecule has 1 aliphatic heterocycles. The largest absolute Gasteiger partial charge is 0.374 e. The Kier molecular flexibility index (Phi) is 4.48. The fourth-order valence-corrected chi connectivity index (χ4v) is 3.67. The van der Waals surface area contributed by atoms with E-state index in [2.05, 4.69) is 13.8 Å². The van der Waals surface area contributed by atoms with Crippen LogP contribution in [0.4, 0.5) is 0 Å². The van der Waals surface area contributed by atoms with E-state index < -0.39 is 0 Å². The van der Waals surface area contributed by atoms with Crippen LogP contribution >= 0.6 is 0 Å². The van der Waals surface area contributed by atoms with Crippen LogP contribution in [-0.4, -0.2) is 18.2 Å². The lowest BCUT2D eigenvalue weighted by atomic mass is 9.72. The summed E-state index contributed by atoms with van der Waals surface area (Å²) >= 11 is 0. The third-order valence-corrected chi connectivity index (χ3v) is 5.18. The maximum atomic E-state index is 6.52. The van der Waals surface area contributed by atoms with E-state index >= 15 is 0 Å². The Morgan fingerprint density at radius 2 is 1.94 bits per heavy atom. The molecule has 0 amide bonds. The first kappa shape index (κ1) is 13.4. The van der Waals surface area contributed by atoms with Gasteiger partial charge < -0.3 is 10.5 Å². The van der Waals surface area contributed by atoms with Gasteiger partial charge in [-0.1, -0.05) is 26.2 Å². The average molecular weight is 239 g/mol. The Labute approximate surface area is 106 Å².